The van der Waals surface area contributed by atoms with Gasteiger partial charge < -0.3 is 11.1 Å². The lowest BCUT2D eigenvalue weighted by Gasteiger charge is -2.17. The number of fused-ring (bicyclic) bond motifs is 1. The van der Waals surface area contributed by atoms with Crippen molar-refractivity contribution in [3.8, 4) is 0 Å². The van der Waals surface area contributed by atoms with Gasteiger partial charge in [-0.1, -0.05) is 0 Å². The number of nitrogens with one attached hydrogen (secondary N) is 1. The summed E-state index contributed by atoms with van der Waals surface area (Å²) in [5.41, 5.74) is 6.39. The molecule has 1 aromatic rings. The summed E-state index contributed by atoms with van der Waals surface area (Å²) in [5.74, 6) is -0.0962. The van der Waals surface area contributed by atoms with Crippen LogP contribution >= 0.6 is 11.3 Å². The third-order valence-electron chi connectivity index (χ3n) is 2.81. The van der Waals surface area contributed by atoms with Gasteiger partial charge in [0.15, 0.2) is 0 Å². The molecule has 1 aromatic heterocycles. The zero-order chi connectivity index (χ0) is 11.8. The quantitative estimate of drug-likeness (QED) is 0.840. The third-order valence-corrected chi connectivity index (χ3v) is 4.04. The molecule has 0 spiro atoms. The van der Waals surface area contributed by atoms with Crippen LogP contribution in [0.4, 0.5) is 0 Å². The molecule has 0 aliphatic heterocycles. The minimum Gasteiger partial charge on any atom is -0.350 e. The molecule has 3 nitrogen and oxygen atoms in total. The van der Waals surface area contributed by atoms with E-state index in [-0.39, 0.29) is 5.91 Å². The molecule has 0 radical (unpaired) electrons. The van der Waals surface area contributed by atoms with E-state index >= 15 is 0 Å². The third kappa shape index (κ3) is 2.44. The maximum atomic E-state index is 11.6. The van der Waals surface area contributed by atoms with Gasteiger partial charge in [0.1, 0.15) is 0 Å². The molecule has 0 atom stereocenters. The molecule has 88 valence electrons. The fourth-order valence-electron chi connectivity index (χ4n) is 1.87. The molecule has 0 fully saturated rings. The first-order valence-electron chi connectivity index (χ1n) is 5.64. The summed E-state index contributed by atoms with van der Waals surface area (Å²) >= 11 is 1.82. The summed E-state index contributed by atoms with van der Waals surface area (Å²) in [7, 11) is 0. The zero-order valence-corrected chi connectivity index (χ0v) is 10.6. The number of rotatable bonds is 3. The van der Waals surface area contributed by atoms with Crippen molar-refractivity contribution in [1.82, 2.24) is 5.32 Å². The number of amides is 1. The van der Waals surface area contributed by atoms with Crippen LogP contribution < -0.4 is 11.1 Å². The summed E-state index contributed by atoms with van der Waals surface area (Å²) in [5, 5.41) is 2.87. The lowest BCUT2D eigenvalue weighted by Crippen LogP contribution is -2.48. The Morgan fingerprint density at radius 3 is 2.94 bits per heavy atom. The number of hydrogen-bond donors (Lipinski definition) is 2. The largest absolute Gasteiger partial charge is 0.350 e. The fourth-order valence-corrected chi connectivity index (χ4v) is 3.07. The molecule has 1 aliphatic rings. The Morgan fingerprint density at radius 1 is 1.56 bits per heavy atom. The number of carbonyl (C=O) groups excluding carboxylic acids is 1. The average Bonchev–Trinajstić information content (AvgIpc) is 2.71. The van der Waals surface area contributed by atoms with Crippen molar-refractivity contribution in [3.63, 3.8) is 0 Å². The fraction of sp³-hybridized carbons (Fsp3) is 0.583. The van der Waals surface area contributed by atoms with Crippen molar-refractivity contribution in [2.75, 3.05) is 0 Å². The molecular formula is C12H18N2OS. The van der Waals surface area contributed by atoms with E-state index in [1.54, 1.807) is 13.8 Å². The highest BCUT2D eigenvalue weighted by atomic mass is 32.1. The van der Waals surface area contributed by atoms with Gasteiger partial charge in [-0.3, -0.25) is 4.79 Å². The molecule has 3 N–H and O–H groups in total. The Kier molecular flexibility index (Phi) is 3.04. The van der Waals surface area contributed by atoms with Crippen LogP contribution in [0.2, 0.25) is 0 Å². The predicted octanol–water partition coefficient (Wildman–Crippen LogP) is 1.59. The number of hydrogen-bond acceptors (Lipinski definition) is 3. The Balaban J connectivity index is 1.93. The van der Waals surface area contributed by atoms with Gasteiger partial charge in [0.25, 0.3) is 0 Å². The second kappa shape index (κ2) is 4.18. The number of carbonyl (C=O) groups is 1. The lowest BCUT2D eigenvalue weighted by molar-refractivity contribution is -0.125. The normalized spacial score (nSPS) is 14.9. The summed E-state index contributed by atoms with van der Waals surface area (Å²) < 4.78 is 0. The maximum Gasteiger partial charge on any atom is 0.239 e. The van der Waals surface area contributed by atoms with Crippen molar-refractivity contribution in [3.05, 3.63) is 21.4 Å². The monoisotopic (exact) mass is 238 g/mol. The molecule has 1 aliphatic carbocycles. The smallest absolute Gasteiger partial charge is 0.239 e. The average molecular weight is 238 g/mol. The van der Waals surface area contributed by atoms with Gasteiger partial charge in [0.2, 0.25) is 5.91 Å². The standard InChI is InChI=1S/C12H18N2OS/c1-12(2,13)11(15)14-7-9-6-8-4-3-5-10(8)16-9/h6H,3-5,7,13H2,1-2H3,(H,14,15). The number of nitrogens with two attached hydrogens (primary N) is 1. The van der Waals surface area contributed by atoms with Crippen LogP contribution in [0.1, 0.15) is 35.6 Å². The second-order valence-corrected chi connectivity index (χ2v) is 6.14. The van der Waals surface area contributed by atoms with E-state index in [4.69, 9.17) is 5.73 Å². The van der Waals surface area contributed by atoms with Crippen molar-refractivity contribution < 1.29 is 4.79 Å². The first-order valence-corrected chi connectivity index (χ1v) is 6.46. The van der Waals surface area contributed by atoms with E-state index in [1.165, 1.54) is 34.6 Å². The summed E-state index contributed by atoms with van der Waals surface area (Å²) in [6.07, 6.45) is 3.68. The van der Waals surface area contributed by atoms with Crippen molar-refractivity contribution >= 4 is 17.2 Å². The van der Waals surface area contributed by atoms with Gasteiger partial charge in [-0.2, -0.15) is 0 Å². The van der Waals surface area contributed by atoms with Crippen molar-refractivity contribution in [1.29, 1.82) is 0 Å². The van der Waals surface area contributed by atoms with Crippen molar-refractivity contribution in [2.45, 2.75) is 45.2 Å². The van der Waals surface area contributed by atoms with Crippen LogP contribution in [0.3, 0.4) is 0 Å². The Labute approximate surface area is 100 Å². The highest BCUT2D eigenvalue weighted by molar-refractivity contribution is 7.12. The molecule has 0 aromatic carbocycles. The van der Waals surface area contributed by atoms with E-state index < -0.39 is 5.54 Å². The van der Waals surface area contributed by atoms with Crippen LogP contribution in [0.5, 0.6) is 0 Å². The number of thiophene rings is 1. The Hall–Kier alpha value is -0.870. The van der Waals surface area contributed by atoms with E-state index in [2.05, 4.69) is 11.4 Å². The second-order valence-electron chi connectivity index (χ2n) is 4.92. The molecule has 2 rings (SSSR count). The Bertz CT molecular complexity index is 382. The lowest BCUT2D eigenvalue weighted by atomic mass is 10.1. The SMILES string of the molecule is CC(C)(N)C(=O)NCc1cc2c(s1)CCC2. The Morgan fingerprint density at radius 2 is 2.31 bits per heavy atom. The molecule has 16 heavy (non-hydrogen) atoms. The highest BCUT2D eigenvalue weighted by Gasteiger charge is 2.22. The molecule has 0 saturated heterocycles. The van der Waals surface area contributed by atoms with E-state index in [1.807, 2.05) is 11.3 Å². The molecule has 1 amide bonds. The van der Waals surface area contributed by atoms with Gasteiger partial charge in [-0.05, 0) is 44.7 Å². The predicted molar refractivity (Wildman–Crippen MR) is 66.5 cm³/mol. The first-order chi connectivity index (χ1) is 7.47. The minimum atomic E-state index is -0.792. The van der Waals surface area contributed by atoms with Gasteiger partial charge >= 0.3 is 0 Å². The molecule has 0 bridgehead atoms. The summed E-state index contributed by atoms with van der Waals surface area (Å²) in [6, 6.07) is 2.22. The van der Waals surface area contributed by atoms with Gasteiger partial charge in [-0.15, -0.1) is 11.3 Å². The molecule has 0 saturated carbocycles. The van der Waals surface area contributed by atoms with E-state index in [0.717, 1.165) is 0 Å². The van der Waals surface area contributed by atoms with Gasteiger partial charge in [0.05, 0.1) is 12.1 Å². The molecule has 4 heteroatoms. The molecule has 0 unspecified atom stereocenters. The van der Waals surface area contributed by atoms with E-state index in [9.17, 15) is 4.79 Å². The van der Waals surface area contributed by atoms with Crippen LogP contribution in [0.25, 0.3) is 0 Å². The van der Waals surface area contributed by atoms with Gasteiger partial charge in [-0.25, -0.2) is 0 Å². The minimum absolute atomic E-state index is 0.0962. The van der Waals surface area contributed by atoms with Gasteiger partial charge in [0, 0.05) is 9.75 Å². The van der Waals surface area contributed by atoms with Crippen LogP contribution in [-0.2, 0) is 24.2 Å². The topological polar surface area (TPSA) is 55.1 Å². The summed E-state index contributed by atoms with van der Waals surface area (Å²) in [4.78, 5) is 14.3. The molecule has 1 heterocycles. The summed E-state index contributed by atoms with van der Waals surface area (Å²) in [6.45, 7) is 4.05. The van der Waals surface area contributed by atoms with Crippen LogP contribution in [-0.4, -0.2) is 11.4 Å². The van der Waals surface area contributed by atoms with Crippen molar-refractivity contribution in [2.24, 2.45) is 5.73 Å². The zero-order valence-electron chi connectivity index (χ0n) is 9.80. The van der Waals surface area contributed by atoms with E-state index in [0.29, 0.717) is 6.54 Å². The maximum absolute atomic E-state index is 11.6. The first kappa shape index (κ1) is 11.6. The molecular weight excluding hydrogens is 220 g/mol. The van der Waals surface area contributed by atoms with Crippen LogP contribution in [0.15, 0.2) is 6.07 Å². The number of aryl methyl sites for hydroxylation is 2. The van der Waals surface area contributed by atoms with Crippen LogP contribution in [0, 0.1) is 0 Å². The highest BCUT2D eigenvalue weighted by Crippen LogP contribution is 2.30.